The zero-order chi connectivity index (χ0) is 11.1. The monoisotopic (exact) mass is 218 g/mol. The fraction of sp³-hybridized carbons (Fsp3) is 0.250. The zero-order valence-corrected chi connectivity index (χ0v) is 9.53. The van der Waals surface area contributed by atoms with Gasteiger partial charge in [-0.3, -0.25) is 0 Å². The molecule has 0 saturated carbocycles. The summed E-state index contributed by atoms with van der Waals surface area (Å²) in [5.74, 6) is 2.46. The van der Waals surface area contributed by atoms with Crippen molar-refractivity contribution in [2.45, 2.75) is 13.3 Å². The van der Waals surface area contributed by atoms with Crippen LogP contribution in [-0.2, 0) is 6.42 Å². The summed E-state index contributed by atoms with van der Waals surface area (Å²) in [6.45, 7) is 2.57. The molecule has 0 unspecified atom stereocenters. The average molecular weight is 218 g/mol. The van der Waals surface area contributed by atoms with Crippen LogP contribution in [0.3, 0.4) is 0 Å². The maximum absolute atomic E-state index is 5.11. The first-order chi connectivity index (χ1) is 7.26. The molecule has 0 aliphatic heterocycles. The Kier molecular flexibility index (Phi) is 4.65. The van der Waals surface area contributed by atoms with Crippen molar-refractivity contribution in [1.82, 2.24) is 5.32 Å². The van der Waals surface area contributed by atoms with Crippen LogP contribution in [-0.4, -0.2) is 11.7 Å². The fourth-order valence-corrected chi connectivity index (χ4v) is 1.32. The Morgan fingerprint density at radius 1 is 1.40 bits per heavy atom. The van der Waals surface area contributed by atoms with E-state index in [-0.39, 0.29) is 0 Å². The van der Waals surface area contributed by atoms with E-state index in [1.54, 1.807) is 0 Å². The van der Waals surface area contributed by atoms with Crippen molar-refractivity contribution in [2.24, 2.45) is 0 Å². The van der Waals surface area contributed by atoms with Gasteiger partial charge in [0, 0.05) is 5.69 Å². The molecule has 2 N–H and O–H groups in total. The average Bonchev–Trinajstić information content (AvgIpc) is 2.27. The van der Waals surface area contributed by atoms with Gasteiger partial charge in [-0.25, -0.2) is 0 Å². The molecule has 15 heavy (non-hydrogen) atoms. The Balaban J connectivity index is 2.50. The first-order valence-electron chi connectivity index (χ1n) is 4.83. The van der Waals surface area contributed by atoms with Crippen molar-refractivity contribution < 1.29 is 0 Å². The van der Waals surface area contributed by atoms with Crippen LogP contribution in [0, 0.1) is 12.3 Å². The maximum Gasteiger partial charge on any atom is 0.171 e. The van der Waals surface area contributed by atoms with E-state index >= 15 is 0 Å². The lowest BCUT2D eigenvalue weighted by molar-refractivity contribution is 1.08. The highest BCUT2D eigenvalue weighted by Gasteiger charge is 1.95. The van der Waals surface area contributed by atoms with Crippen LogP contribution >= 0.6 is 12.2 Å². The van der Waals surface area contributed by atoms with Gasteiger partial charge in [0.2, 0.25) is 0 Å². The molecule has 0 aromatic heterocycles. The van der Waals surface area contributed by atoms with Gasteiger partial charge in [-0.15, -0.1) is 6.42 Å². The zero-order valence-electron chi connectivity index (χ0n) is 8.71. The second-order valence-corrected chi connectivity index (χ2v) is 3.47. The van der Waals surface area contributed by atoms with Gasteiger partial charge in [-0.1, -0.05) is 25.0 Å². The molecule has 78 valence electrons. The minimum absolute atomic E-state index is 0.443. The van der Waals surface area contributed by atoms with E-state index < -0.39 is 0 Å². The van der Waals surface area contributed by atoms with Gasteiger partial charge in [-0.05, 0) is 36.3 Å². The molecule has 0 fully saturated rings. The molecule has 1 rings (SSSR count). The van der Waals surface area contributed by atoms with Crippen LogP contribution in [0.25, 0.3) is 0 Å². The summed E-state index contributed by atoms with van der Waals surface area (Å²) in [5.41, 5.74) is 2.28. The SMILES string of the molecule is C#CCNC(=S)Nc1ccc(CC)cc1. The Bertz CT molecular complexity index is 362. The molecule has 0 bridgehead atoms. The highest BCUT2D eigenvalue weighted by atomic mass is 32.1. The summed E-state index contributed by atoms with van der Waals surface area (Å²) in [4.78, 5) is 0. The first-order valence-corrected chi connectivity index (χ1v) is 5.24. The molecule has 0 aliphatic carbocycles. The summed E-state index contributed by atoms with van der Waals surface area (Å²) in [7, 11) is 0. The minimum atomic E-state index is 0.443. The largest absolute Gasteiger partial charge is 0.352 e. The molecule has 3 heteroatoms. The van der Waals surface area contributed by atoms with Gasteiger partial charge in [0.1, 0.15) is 0 Å². The van der Waals surface area contributed by atoms with Crippen molar-refractivity contribution in [1.29, 1.82) is 0 Å². The molecule has 1 aromatic rings. The molecule has 2 nitrogen and oxygen atoms in total. The number of terminal acetylenes is 1. The number of aryl methyl sites for hydroxylation is 1. The third-order valence-electron chi connectivity index (χ3n) is 1.97. The van der Waals surface area contributed by atoms with Crippen LogP contribution < -0.4 is 10.6 Å². The Morgan fingerprint density at radius 3 is 2.60 bits per heavy atom. The van der Waals surface area contributed by atoms with Gasteiger partial charge < -0.3 is 10.6 Å². The van der Waals surface area contributed by atoms with Crippen molar-refractivity contribution in [2.75, 3.05) is 11.9 Å². The lowest BCUT2D eigenvalue weighted by atomic mass is 10.1. The third-order valence-corrected chi connectivity index (χ3v) is 2.22. The minimum Gasteiger partial charge on any atom is -0.352 e. The third kappa shape index (κ3) is 4.01. The van der Waals surface area contributed by atoms with Gasteiger partial charge >= 0.3 is 0 Å². The molecule has 0 heterocycles. The summed E-state index contributed by atoms with van der Waals surface area (Å²) < 4.78 is 0. The maximum atomic E-state index is 5.11. The lowest BCUT2D eigenvalue weighted by Gasteiger charge is -2.08. The van der Waals surface area contributed by atoms with E-state index in [1.807, 2.05) is 12.1 Å². The van der Waals surface area contributed by atoms with Crippen LogP contribution in [0.1, 0.15) is 12.5 Å². The number of thiocarbonyl (C=S) groups is 1. The van der Waals surface area contributed by atoms with Crippen molar-refractivity contribution in [3.05, 3.63) is 29.8 Å². The first kappa shape index (κ1) is 11.5. The van der Waals surface area contributed by atoms with E-state index in [0.29, 0.717) is 11.7 Å². The second-order valence-electron chi connectivity index (χ2n) is 3.06. The summed E-state index contributed by atoms with van der Waals surface area (Å²) in [5, 5.41) is 6.50. The van der Waals surface area contributed by atoms with Crippen molar-refractivity contribution >= 4 is 23.0 Å². The predicted molar refractivity (Wildman–Crippen MR) is 68.9 cm³/mol. The van der Waals surface area contributed by atoms with E-state index in [2.05, 4.69) is 35.6 Å². The standard InChI is InChI=1S/C12H14N2S/c1-3-9-13-12(15)14-11-7-5-10(4-2)6-8-11/h1,5-8H,4,9H2,2H3,(H2,13,14,15). The van der Waals surface area contributed by atoms with E-state index in [1.165, 1.54) is 5.56 Å². The van der Waals surface area contributed by atoms with Crippen LogP contribution in [0.2, 0.25) is 0 Å². The summed E-state index contributed by atoms with van der Waals surface area (Å²) in [6, 6.07) is 8.16. The van der Waals surface area contributed by atoms with Crippen LogP contribution in [0.5, 0.6) is 0 Å². The molecule has 0 atom stereocenters. The number of benzene rings is 1. The number of hydrogen-bond acceptors (Lipinski definition) is 1. The van der Waals surface area contributed by atoms with Gasteiger partial charge in [0.25, 0.3) is 0 Å². The summed E-state index contributed by atoms with van der Waals surface area (Å²) >= 11 is 5.04. The highest BCUT2D eigenvalue weighted by molar-refractivity contribution is 7.80. The van der Waals surface area contributed by atoms with Crippen molar-refractivity contribution in [3.8, 4) is 12.3 Å². The molecule has 0 saturated heterocycles. The normalized spacial score (nSPS) is 9.07. The van der Waals surface area contributed by atoms with E-state index in [4.69, 9.17) is 18.6 Å². The van der Waals surface area contributed by atoms with Crippen LogP contribution in [0.4, 0.5) is 5.69 Å². The second kappa shape index (κ2) is 6.05. The Labute approximate surface area is 96.1 Å². The fourth-order valence-electron chi connectivity index (χ4n) is 1.13. The topological polar surface area (TPSA) is 24.1 Å². The molecule has 0 amide bonds. The van der Waals surface area contributed by atoms with E-state index in [0.717, 1.165) is 12.1 Å². The molecule has 1 aromatic carbocycles. The Hall–Kier alpha value is -1.53. The smallest absolute Gasteiger partial charge is 0.171 e. The number of anilines is 1. The molecular formula is C12H14N2S. The quantitative estimate of drug-likeness (QED) is 0.600. The van der Waals surface area contributed by atoms with Crippen molar-refractivity contribution in [3.63, 3.8) is 0 Å². The number of nitrogens with one attached hydrogen (secondary N) is 2. The molecule has 0 aliphatic rings. The van der Waals surface area contributed by atoms with Gasteiger partial charge in [0.15, 0.2) is 5.11 Å². The highest BCUT2D eigenvalue weighted by Crippen LogP contribution is 2.09. The summed E-state index contributed by atoms with van der Waals surface area (Å²) in [6.07, 6.45) is 6.15. The Morgan fingerprint density at radius 2 is 2.07 bits per heavy atom. The van der Waals surface area contributed by atoms with Crippen LogP contribution in [0.15, 0.2) is 24.3 Å². The predicted octanol–water partition coefficient (Wildman–Crippen LogP) is 2.17. The number of rotatable bonds is 3. The van der Waals surface area contributed by atoms with Gasteiger partial charge in [-0.2, -0.15) is 0 Å². The molecule has 0 spiro atoms. The molecule has 0 radical (unpaired) electrons. The lowest BCUT2D eigenvalue weighted by Crippen LogP contribution is -2.28. The number of hydrogen-bond donors (Lipinski definition) is 2. The van der Waals surface area contributed by atoms with Gasteiger partial charge in [0.05, 0.1) is 6.54 Å². The molecular weight excluding hydrogens is 204 g/mol. The van der Waals surface area contributed by atoms with E-state index in [9.17, 15) is 0 Å².